The number of carbonyl (C=O) groups is 1. The van der Waals surface area contributed by atoms with E-state index >= 15 is 0 Å². The van der Waals surface area contributed by atoms with Gasteiger partial charge in [0, 0.05) is 13.1 Å². The average Bonchev–Trinajstić information content (AvgIpc) is 1.85. The zero-order valence-corrected chi connectivity index (χ0v) is 6.39. The fourth-order valence-electron chi connectivity index (χ4n) is 0.793. The second kappa shape index (κ2) is 2.78. The summed E-state index contributed by atoms with van der Waals surface area (Å²) < 4.78 is 12.8. The molecule has 0 aliphatic carbocycles. The van der Waals surface area contributed by atoms with Crippen molar-refractivity contribution in [1.29, 1.82) is 0 Å². The third kappa shape index (κ3) is 1.61. The van der Waals surface area contributed by atoms with Crippen LogP contribution in [0.5, 0.6) is 0 Å². The highest BCUT2D eigenvalue weighted by Gasteiger charge is 2.07. The topological polar surface area (TPSA) is 30.0 Å². The SMILES string of the molecule is CC(=O)c1ncc(C)cc1F. The molecule has 0 amide bonds. The van der Waals surface area contributed by atoms with E-state index in [-0.39, 0.29) is 11.5 Å². The van der Waals surface area contributed by atoms with Crippen molar-refractivity contribution in [3.8, 4) is 0 Å². The van der Waals surface area contributed by atoms with E-state index in [2.05, 4.69) is 4.98 Å². The molecule has 0 unspecified atom stereocenters. The molecule has 0 aliphatic rings. The van der Waals surface area contributed by atoms with Crippen molar-refractivity contribution < 1.29 is 9.18 Å². The smallest absolute Gasteiger partial charge is 0.181 e. The fourth-order valence-corrected chi connectivity index (χ4v) is 0.793. The number of aryl methyl sites for hydroxylation is 1. The minimum absolute atomic E-state index is 0.0874. The van der Waals surface area contributed by atoms with Crippen LogP contribution in [0.3, 0.4) is 0 Å². The quantitative estimate of drug-likeness (QED) is 0.575. The molecule has 1 aromatic rings. The van der Waals surface area contributed by atoms with Crippen LogP contribution in [0.4, 0.5) is 4.39 Å². The van der Waals surface area contributed by atoms with Crippen LogP contribution in [0.1, 0.15) is 23.0 Å². The van der Waals surface area contributed by atoms with E-state index in [0.29, 0.717) is 5.56 Å². The summed E-state index contributed by atoms with van der Waals surface area (Å²) in [4.78, 5) is 14.3. The Kier molecular flexibility index (Phi) is 1.98. The summed E-state index contributed by atoms with van der Waals surface area (Å²) in [6, 6.07) is 1.30. The number of halogens is 1. The maximum Gasteiger partial charge on any atom is 0.181 e. The van der Waals surface area contributed by atoms with Gasteiger partial charge in [0.2, 0.25) is 0 Å². The van der Waals surface area contributed by atoms with Crippen molar-refractivity contribution in [1.82, 2.24) is 4.98 Å². The molecule has 0 aromatic carbocycles. The summed E-state index contributed by atoms with van der Waals surface area (Å²) in [7, 11) is 0. The second-order valence-corrected chi connectivity index (χ2v) is 2.40. The molecule has 0 saturated carbocycles. The summed E-state index contributed by atoms with van der Waals surface area (Å²) in [5.41, 5.74) is 0.628. The minimum atomic E-state index is -0.544. The van der Waals surface area contributed by atoms with Crippen molar-refractivity contribution in [2.75, 3.05) is 0 Å². The molecule has 0 spiro atoms. The molecule has 11 heavy (non-hydrogen) atoms. The van der Waals surface area contributed by atoms with E-state index in [1.807, 2.05) is 0 Å². The molecule has 2 nitrogen and oxygen atoms in total. The van der Waals surface area contributed by atoms with Crippen LogP contribution >= 0.6 is 0 Å². The molecule has 0 radical (unpaired) electrons. The number of hydrogen-bond acceptors (Lipinski definition) is 2. The maximum atomic E-state index is 12.8. The fraction of sp³-hybridized carbons (Fsp3) is 0.250. The molecular weight excluding hydrogens is 145 g/mol. The van der Waals surface area contributed by atoms with Crippen LogP contribution in [0.15, 0.2) is 12.3 Å². The second-order valence-electron chi connectivity index (χ2n) is 2.40. The van der Waals surface area contributed by atoms with Gasteiger partial charge in [0.1, 0.15) is 5.69 Å². The number of nitrogens with zero attached hydrogens (tertiary/aromatic N) is 1. The van der Waals surface area contributed by atoms with Gasteiger partial charge in [0.05, 0.1) is 0 Å². The van der Waals surface area contributed by atoms with E-state index in [4.69, 9.17) is 0 Å². The first-order valence-corrected chi connectivity index (χ1v) is 3.24. The molecule has 1 aromatic heterocycles. The Morgan fingerprint density at radius 2 is 2.27 bits per heavy atom. The number of carbonyl (C=O) groups excluding carboxylic acids is 1. The number of hydrogen-bond donors (Lipinski definition) is 0. The summed E-state index contributed by atoms with van der Waals surface area (Å²) in [6.07, 6.45) is 1.47. The Bertz CT molecular complexity index is 296. The standard InChI is InChI=1S/C8H8FNO/c1-5-3-7(9)8(6(2)11)10-4-5/h3-4H,1-2H3. The predicted octanol–water partition coefficient (Wildman–Crippen LogP) is 1.73. The zero-order chi connectivity index (χ0) is 8.43. The van der Waals surface area contributed by atoms with Gasteiger partial charge < -0.3 is 0 Å². The van der Waals surface area contributed by atoms with Crippen molar-refractivity contribution in [3.05, 3.63) is 29.3 Å². The van der Waals surface area contributed by atoms with Crippen molar-refractivity contribution in [2.45, 2.75) is 13.8 Å². The molecule has 1 heterocycles. The number of Topliss-reactive ketones (excluding diaryl/α,β-unsaturated/α-hetero) is 1. The van der Waals surface area contributed by atoms with Gasteiger partial charge in [-0.25, -0.2) is 9.37 Å². The van der Waals surface area contributed by atoms with Crippen LogP contribution in [-0.2, 0) is 0 Å². The van der Waals surface area contributed by atoms with Gasteiger partial charge in [-0.05, 0) is 18.6 Å². The molecule has 58 valence electrons. The zero-order valence-electron chi connectivity index (χ0n) is 6.39. The monoisotopic (exact) mass is 153 g/mol. The third-order valence-electron chi connectivity index (χ3n) is 1.31. The van der Waals surface area contributed by atoms with Gasteiger partial charge in [-0.2, -0.15) is 0 Å². The molecular formula is C8H8FNO. The van der Waals surface area contributed by atoms with E-state index < -0.39 is 5.82 Å². The van der Waals surface area contributed by atoms with Crippen molar-refractivity contribution in [2.24, 2.45) is 0 Å². The molecule has 0 aliphatic heterocycles. The summed E-state index contributed by atoms with van der Waals surface area (Å²) in [6.45, 7) is 3.01. The van der Waals surface area contributed by atoms with Crippen LogP contribution < -0.4 is 0 Å². The summed E-state index contributed by atoms with van der Waals surface area (Å²) in [5.74, 6) is -0.889. The normalized spacial score (nSPS) is 9.73. The Hall–Kier alpha value is -1.25. The third-order valence-corrected chi connectivity index (χ3v) is 1.31. The maximum absolute atomic E-state index is 12.8. The van der Waals surface area contributed by atoms with Gasteiger partial charge in [-0.15, -0.1) is 0 Å². The average molecular weight is 153 g/mol. The predicted molar refractivity (Wildman–Crippen MR) is 38.9 cm³/mol. The number of pyridine rings is 1. The first kappa shape index (κ1) is 7.85. The van der Waals surface area contributed by atoms with E-state index in [1.165, 1.54) is 19.2 Å². The lowest BCUT2D eigenvalue weighted by molar-refractivity contribution is 0.100. The number of aromatic nitrogens is 1. The highest BCUT2D eigenvalue weighted by Crippen LogP contribution is 2.06. The molecule has 0 saturated heterocycles. The van der Waals surface area contributed by atoms with Crippen LogP contribution in [0.2, 0.25) is 0 Å². The molecule has 0 fully saturated rings. The van der Waals surface area contributed by atoms with E-state index in [1.54, 1.807) is 6.92 Å². The van der Waals surface area contributed by atoms with Crippen LogP contribution in [0, 0.1) is 12.7 Å². The van der Waals surface area contributed by atoms with Gasteiger partial charge in [-0.1, -0.05) is 0 Å². The van der Waals surface area contributed by atoms with Gasteiger partial charge >= 0.3 is 0 Å². The summed E-state index contributed by atoms with van der Waals surface area (Å²) >= 11 is 0. The van der Waals surface area contributed by atoms with E-state index in [0.717, 1.165) is 0 Å². The Morgan fingerprint density at radius 1 is 1.64 bits per heavy atom. The number of rotatable bonds is 1. The highest BCUT2D eigenvalue weighted by molar-refractivity contribution is 5.92. The largest absolute Gasteiger partial charge is 0.293 e. The van der Waals surface area contributed by atoms with Gasteiger partial charge in [0.25, 0.3) is 0 Å². The molecule has 0 atom stereocenters. The Balaban J connectivity index is 3.20. The van der Waals surface area contributed by atoms with Gasteiger partial charge in [0.15, 0.2) is 11.6 Å². The van der Waals surface area contributed by atoms with Crippen molar-refractivity contribution >= 4 is 5.78 Å². The lowest BCUT2D eigenvalue weighted by Crippen LogP contribution is -2.00. The molecule has 3 heteroatoms. The molecule has 1 rings (SSSR count). The number of ketones is 1. The van der Waals surface area contributed by atoms with Crippen LogP contribution in [0.25, 0.3) is 0 Å². The molecule has 0 N–H and O–H groups in total. The lowest BCUT2D eigenvalue weighted by atomic mass is 10.2. The van der Waals surface area contributed by atoms with E-state index in [9.17, 15) is 9.18 Å². The first-order valence-electron chi connectivity index (χ1n) is 3.24. The molecule has 0 bridgehead atoms. The van der Waals surface area contributed by atoms with Gasteiger partial charge in [-0.3, -0.25) is 4.79 Å². The Morgan fingerprint density at radius 3 is 2.73 bits per heavy atom. The first-order chi connectivity index (χ1) is 5.11. The summed E-state index contributed by atoms with van der Waals surface area (Å²) in [5, 5.41) is 0. The minimum Gasteiger partial charge on any atom is -0.293 e. The highest BCUT2D eigenvalue weighted by atomic mass is 19.1. The lowest BCUT2D eigenvalue weighted by Gasteiger charge is -1.96. The Labute approximate surface area is 64.1 Å². The van der Waals surface area contributed by atoms with Crippen molar-refractivity contribution in [3.63, 3.8) is 0 Å². The van der Waals surface area contributed by atoms with Crippen LogP contribution in [-0.4, -0.2) is 10.8 Å².